The molecule has 2 fully saturated rings. The van der Waals surface area contributed by atoms with Gasteiger partial charge in [-0.05, 0) is 25.0 Å². The molecule has 9 heteroatoms. The number of rotatable bonds is 3. The fraction of sp³-hybridized carbons (Fsp3) is 0.476. The monoisotopic (exact) mass is 432 g/mol. The van der Waals surface area contributed by atoms with E-state index in [1.807, 2.05) is 53.0 Å². The smallest absolute Gasteiger partial charge is 0.321 e. The minimum absolute atomic E-state index is 0. The van der Waals surface area contributed by atoms with Gasteiger partial charge in [0.25, 0.3) is 0 Å². The number of nitrogens with zero attached hydrogens (tertiary/aromatic N) is 4. The van der Waals surface area contributed by atoms with Gasteiger partial charge in [0.1, 0.15) is 11.9 Å². The van der Waals surface area contributed by atoms with Crippen LogP contribution in [-0.2, 0) is 11.8 Å². The molecule has 2 N–H and O–H groups in total. The lowest BCUT2D eigenvalue weighted by atomic mass is 9.94. The van der Waals surface area contributed by atoms with Gasteiger partial charge in [-0.15, -0.1) is 12.4 Å². The summed E-state index contributed by atoms with van der Waals surface area (Å²) in [7, 11) is 1.96. The number of imidazole rings is 1. The highest BCUT2D eigenvalue weighted by atomic mass is 35.5. The molecular weight excluding hydrogens is 404 g/mol. The Kier molecular flexibility index (Phi) is 7.33. The number of carbonyl (C=O) groups excluding carboxylic acids is 2. The Morgan fingerprint density at radius 3 is 2.53 bits per heavy atom. The Morgan fingerprint density at radius 1 is 1.13 bits per heavy atom. The van der Waals surface area contributed by atoms with Gasteiger partial charge >= 0.3 is 6.03 Å². The first-order valence-electron chi connectivity index (χ1n) is 10.2. The van der Waals surface area contributed by atoms with E-state index in [1.165, 1.54) is 0 Å². The number of nitrogens with one attached hydrogen (secondary N) is 2. The van der Waals surface area contributed by atoms with Gasteiger partial charge in [0.05, 0.1) is 0 Å². The van der Waals surface area contributed by atoms with Crippen molar-refractivity contribution in [2.24, 2.45) is 13.0 Å². The molecule has 3 amide bonds. The van der Waals surface area contributed by atoms with Crippen LogP contribution in [0, 0.1) is 5.92 Å². The number of piperidine rings is 1. The van der Waals surface area contributed by atoms with Gasteiger partial charge in [-0.1, -0.05) is 18.2 Å². The number of anilines is 1. The van der Waals surface area contributed by atoms with E-state index in [1.54, 1.807) is 11.1 Å². The molecule has 4 rings (SSSR count). The van der Waals surface area contributed by atoms with Crippen molar-refractivity contribution < 1.29 is 9.59 Å². The molecule has 1 aromatic heterocycles. The van der Waals surface area contributed by atoms with E-state index in [-0.39, 0.29) is 36.3 Å². The van der Waals surface area contributed by atoms with Crippen LogP contribution < -0.4 is 10.6 Å². The molecule has 2 aliphatic heterocycles. The summed E-state index contributed by atoms with van der Waals surface area (Å²) in [5.74, 6) is 1.05. The lowest BCUT2D eigenvalue weighted by Gasteiger charge is -2.39. The van der Waals surface area contributed by atoms with Crippen LogP contribution in [0.3, 0.4) is 0 Å². The fourth-order valence-corrected chi connectivity index (χ4v) is 4.19. The van der Waals surface area contributed by atoms with Crippen LogP contribution in [0.15, 0.2) is 42.7 Å². The minimum Gasteiger partial charge on any atom is -0.336 e. The summed E-state index contributed by atoms with van der Waals surface area (Å²) in [6, 6.07) is 9.30. The van der Waals surface area contributed by atoms with E-state index < -0.39 is 0 Å². The number of hydrogen-bond acceptors (Lipinski definition) is 4. The topological polar surface area (TPSA) is 82.5 Å². The molecule has 2 aromatic rings. The van der Waals surface area contributed by atoms with E-state index in [4.69, 9.17) is 0 Å². The van der Waals surface area contributed by atoms with Crippen molar-refractivity contribution in [2.75, 3.05) is 38.0 Å². The maximum atomic E-state index is 13.3. The lowest BCUT2D eigenvalue weighted by molar-refractivity contribution is -0.140. The van der Waals surface area contributed by atoms with Crippen LogP contribution in [0.5, 0.6) is 0 Å². The quantitative estimate of drug-likeness (QED) is 0.779. The number of aromatic nitrogens is 2. The van der Waals surface area contributed by atoms with E-state index in [0.29, 0.717) is 32.5 Å². The molecule has 1 unspecified atom stereocenters. The lowest BCUT2D eigenvalue weighted by Crippen LogP contribution is -2.52. The average Bonchev–Trinajstić information content (AvgIpc) is 3.20. The van der Waals surface area contributed by atoms with Crippen molar-refractivity contribution in [3.8, 4) is 0 Å². The first kappa shape index (κ1) is 22.1. The van der Waals surface area contributed by atoms with Gasteiger partial charge in [-0.2, -0.15) is 0 Å². The second-order valence-corrected chi connectivity index (χ2v) is 7.71. The Labute approximate surface area is 183 Å². The van der Waals surface area contributed by atoms with Crippen molar-refractivity contribution in [1.82, 2.24) is 24.7 Å². The van der Waals surface area contributed by atoms with Crippen LogP contribution >= 0.6 is 12.4 Å². The number of aryl methyl sites for hydroxylation is 1. The van der Waals surface area contributed by atoms with Crippen LogP contribution in [0.1, 0.15) is 24.7 Å². The van der Waals surface area contributed by atoms with Crippen molar-refractivity contribution in [3.63, 3.8) is 0 Å². The van der Waals surface area contributed by atoms with E-state index >= 15 is 0 Å². The number of carbonyl (C=O) groups is 2. The Hall–Kier alpha value is -2.58. The van der Waals surface area contributed by atoms with Crippen molar-refractivity contribution in [3.05, 3.63) is 48.5 Å². The maximum absolute atomic E-state index is 13.3. The highest BCUT2D eigenvalue weighted by Crippen LogP contribution is 2.27. The molecule has 3 heterocycles. The Balaban J connectivity index is 0.00000256. The molecule has 0 bridgehead atoms. The van der Waals surface area contributed by atoms with Gasteiger partial charge in [-0.3, -0.25) is 4.79 Å². The second-order valence-electron chi connectivity index (χ2n) is 7.71. The third-order valence-corrected chi connectivity index (χ3v) is 5.84. The largest absolute Gasteiger partial charge is 0.336 e. The maximum Gasteiger partial charge on any atom is 0.321 e. The number of likely N-dealkylation sites (tertiary alicyclic amines) is 1. The number of benzene rings is 1. The van der Waals surface area contributed by atoms with E-state index in [0.717, 1.165) is 24.6 Å². The summed E-state index contributed by atoms with van der Waals surface area (Å²) >= 11 is 0. The highest BCUT2D eigenvalue weighted by molar-refractivity contribution is 5.89. The third kappa shape index (κ3) is 4.76. The molecule has 2 aliphatic rings. The number of amides is 3. The molecule has 0 radical (unpaired) electrons. The molecule has 0 saturated carbocycles. The normalized spacial score (nSPS) is 19.8. The second kappa shape index (κ2) is 9.95. The van der Waals surface area contributed by atoms with Crippen molar-refractivity contribution in [1.29, 1.82) is 0 Å². The summed E-state index contributed by atoms with van der Waals surface area (Å²) in [5, 5.41) is 6.30. The number of para-hydroxylation sites is 1. The number of urea groups is 1. The molecule has 2 saturated heterocycles. The van der Waals surface area contributed by atoms with Gasteiger partial charge in [0, 0.05) is 63.8 Å². The highest BCUT2D eigenvalue weighted by Gasteiger charge is 2.36. The van der Waals surface area contributed by atoms with Crippen molar-refractivity contribution in [2.45, 2.75) is 18.9 Å². The molecule has 0 spiro atoms. The molecule has 8 nitrogen and oxygen atoms in total. The van der Waals surface area contributed by atoms with E-state index in [2.05, 4.69) is 15.6 Å². The first-order valence-corrected chi connectivity index (χ1v) is 10.2. The zero-order valence-electron chi connectivity index (χ0n) is 17.2. The molecular formula is C21H29ClN6O2. The summed E-state index contributed by atoms with van der Waals surface area (Å²) in [6.45, 7) is 3.38. The average molecular weight is 433 g/mol. The van der Waals surface area contributed by atoms with Gasteiger partial charge in [0.15, 0.2) is 0 Å². The first-order chi connectivity index (χ1) is 14.1. The minimum atomic E-state index is -0.102. The summed E-state index contributed by atoms with van der Waals surface area (Å²) in [4.78, 5) is 34.0. The summed E-state index contributed by atoms with van der Waals surface area (Å²) in [5.41, 5.74) is 0.787. The molecule has 0 aliphatic carbocycles. The fourth-order valence-electron chi connectivity index (χ4n) is 4.19. The Bertz CT molecular complexity index is 850. The molecule has 1 atom stereocenters. The number of hydrogen-bond donors (Lipinski definition) is 2. The molecule has 30 heavy (non-hydrogen) atoms. The summed E-state index contributed by atoms with van der Waals surface area (Å²) in [6.07, 6.45) is 5.07. The number of halogens is 1. The van der Waals surface area contributed by atoms with Gasteiger partial charge < -0.3 is 25.0 Å². The van der Waals surface area contributed by atoms with Crippen LogP contribution in [0.4, 0.5) is 10.5 Å². The predicted octanol–water partition coefficient (Wildman–Crippen LogP) is 2.26. The molecule has 1 aromatic carbocycles. The van der Waals surface area contributed by atoms with Crippen LogP contribution in [0.2, 0.25) is 0 Å². The predicted molar refractivity (Wildman–Crippen MR) is 118 cm³/mol. The number of piperazine rings is 1. The van der Waals surface area contributed by atoms with Crippen molar-refractivity contribution >= 4 is 30.0 Å². The SMILES string of the molecule is Cl.Cn1ccnc1C1CNCCN1C(=O)C1CCN(C(=O)Nc2ccccc2)CC1. The van der Waals surface area contributed by atoms with Gasteiger partial charge in [0.2, 0.25) is 5.91 Å². The van der Waals surface area contributed by atoms with Crippen LogP contribution in [-0.4, -0.2) is 64.0 Å². The van der Waals surface area contributed by atoms with E-state index in [9.17, 15) is 9.59 Å². The zero-order chi connectivity index (χ0) is 20.2. The standard InChI is InChI=1S/C21H28N6O2.ClH/c1-25-13-10-23-19(25)18-15-22-9-14-27(18)20(28)16-7-11-26(12-8-16)21(29)24-17-5-3-2-4-6-17;/h2-6,10,13,16,18,22H,7-9,11-12,14-15H2,1H3,(H,24,29);1H. The third-order valence-electron chi connectivity index (χ3n) is 5.84. The zero-order valence-corrected chi connectivity index (χ0v) is 18.0. The van der Waals surface area contributed by atoms with Crippen LogP contribution in [0.25, 0.3) is 0 Å². The van der Waals surface area contributed by atoms with Gasteiger partial charge in [-0.25, -0.2) is 9.78 Å². The summed E-state index contributed by atoms with van der Waals surface area (Å²) < 4.78 is 1.98. The molecule has 162 valence electrons. The Morgan fingerprint density at radius 2 is 1.87 bits per heavy atom.